The fourth-order valence-electron chi connectivity index (χ4n) is 2.88. The highest BCUT2D eigenvalue weighted by molar-refractivity contribution is 8.00. The van der Waals surface area contributed by atoms with Gasteiger partial charge in [0, 0.05) is 13.6 Å². The molecule has 1 amide bonds. The summed E-state index contributed by atoms with van der Waals surface area (Å²) in [6.45, 7) is 11.9. The number of allylic oxidation sites excluding steroid dienone is 1. The molecule has 0 aliphatic heterocycles. The first kappa shape index (κ1) is 19.9. The number of anilines is 1. The van der Waals surface area contributed by atoms with E-state index < -0.39 is 0 Å². The predicted molar refractivity (Wildman–Crippen MR) is 109 cm³/mol. The van der Waals surface area contributed by atoms with E-state index in [0.717, 1.165) is 28.4 Å². The lowest BCUT2D eigenvalue weighted by Crippen LogP contribution is -2.23. The number of hydrogen-bond acceptors (Lipinski definition) is 6. The SMILES string of the molecule is C=CCn1c(SC(C)C(=O)Nc2c(C)nn(C)c2C)nnc1-c1ccoc1C. The topological polar surface area (TPSA) is 90.8 Å². The van der Waals surface area contributed by atoms with E-state index >= 15 is 0 Å². The summed E-state index contributed by atoms with van der Waals surface area (Å²) < 4.78 is 9.07. The van der Waals surface area contributed by atoms with Crippen LogP contribution in [0.4, 0.5) is 5.69 Å². The van der Waals surface area contributed by atoms with Crippen molar-refractivity contribution in [1.82, 2.24) is 24.5 Å². The van der Waals surface area contributed by atoms with Crippen LogP contribution in [0.15, 0.2) is 34.6 Å². The molecule has 0 fully saturated rings. The van der Waals surface area contributed by atoms with E-state index in [0.29, 0.717) is 17.5 Å². The monoisotopic (exact) mass is 400 g/mol. The molecule has 3 heterocycles. The van der Waals surface area contributed by atoms with Crippen LogP contribution in [0.1, 0.15) is 24.1 Å². The molecule has 0 saturated heterocycles. The largest absolute Gasteiger partial charge is 0.469 e. The Morgan fingerprint density at radius 2 is 2.14 bits per heavy atom. The lowest BCUT2D eigenvalue weighted by atomic mass is 10.2. The second kappa shape index (κ2) is 8.05. The lowest BCUT2D eigenvalue weighted by Gasteiger charge is -2.13. The zero-order valence-corrected chi connectivity index (χ0v) is 17.5. The van der Waals surface area contributed by atoms with Crippen molar-refractivity contribution in [2.24, 2.45) is 7.05 Å². The van der Waals surface area contributed by atoms with Crippen LogP contribution in [0.5, 0.6) is 0 Å². The van der Waals surface area contributed by atoms with Gasteiger partial charge in [0.15, 0.2) is 11.0 Å². The summed E-state index contributed by atoms with van der Waals surface area (Å²) in [7, 11) is 1.85. The van der Waals surface area contributed by atoms with Gasteiger partial charge in [-0.1, -0.05) is 17.8 Å². The molecule has 1 unspecified atom stereocenters. The van der Waals surface area contributed by atoms with Crippen LogP contribution in [-0.2, 0) is 18.4 Å². The zero-order valence-electron chi connectivity index (χ0n) is 16.7. The van der Waals surface area contributed by atoms with Crippen molar-refractivity contribution in [1.29, 1.82) is 0 Å². The number of thioether (sulfide) groups is 1. The molecule has 3 rings (SSSR count). The first-order chi connectivity index (χ1) is 13.3. The molecule has 3 aromatic rings. The summed E-state index contributed by atoms with van der Waals surface area (Å²) in [5.41, 5.74) is 3.33. The number of hydrogen-bond donors (Lipinski definition) is 1. The number of furan rings is 1. The van der Waals surface area contributed by atoms with Crippen LogP contribution < -0.4 is 5.32 Å². The minimum absolute atomic E-state index is 0.113. The second-order valence-corrected chi connectivity index (χ2v) is 7.82. The standard InChI is InChI=1S/C19H24N6O2S/c1-7-9-25-17(15-8-10-27-13(15)4)21-22-19(25)28-14(5)18(26)20-16-11(2)23-24(6)12(16)3/h7-8,10,14H,1,9H2,2-6H3,(H,20,26). The number of aromatic nitrogens is 5. The highest BCUT2D eigenvalue weighted by Gasteiger charge is 2.23. The minimum atomic E-state index is -0.370. The number of rotatable bonds is 7. The Morgan fingerprint density at radius 1 is 1.39 bits per heavy atom. The van der Waals surface area contributed by atoms with Crippen molar-refractivity contribution in [2.75, 3.05) is 5.32 Å². The first-order valence-electron chi connectivity index (χ1n) is 8.89. The molecule has 3 aromatic heterocycles. The summed E-state index contributed by atoms with van der Waals surface area (Å²) >= 11 is 1.35. The molecule has 0 spiro atoms. The van der Waals surface area contributed by atoms with Crippen molar-refractivity contribution in [2.45, 2.75) is 44.6 Å². The average Bonchev–Trinajstić information content (AvgIpc) is 3.30. The van der Waals surface area contributed by atoms with Gasteiger partial charge in [-0.2, -0.15) is 5.10 Å². The summed E-state index contributed by atoms with van der Waals surface area (Å²) in [6, 6.07) is 1.86. The summed E-state index contributed by atoms with van der Waals surface area (Å²) in [5.74, 6) is 1.35. The zero-order chi connectivity index (χ0) is 20.4. The molecule has 1 N–H and O–H groups in total. The van der Waals surface area contributed by atoms with Gasteiger partial charge in [0.1, 0.15) is 5.76 Å². The average molecular weight is 401 g/mol. The van der Waals surface area contributed by atoms with E-state index in [1.807, 2.05) is 45.4 Å². The van der Waals surface area contributed by atoms with E-state index in [2.05, 4.69) is 27.2 Å². The number of amides is 1. The van der Waals surface area contributed by atoms with Gasteiger partial charge in [0.05, 0.1) is 34.2 Å². The second-order valence-electron chi connectivity index (χ2n) is 6.51. The van der Waals surface area contributed by atoms with Crippen LogP contribution >= 0.6 is 11.8 Å². The fourth-order valence-corrected chi connectivity index (χ4v) is 3.74. The van der Waals surface area contributed by atoms with Crippen molar-refractivity contribution >= 4 is 23.4 Å². The third-order valence-electron chi connectivity index (χ3n) is 4.54. The molecule has 148 valence electrons. The maximum atomic E-state index is 12.7. The third kappa shape index (κ3) is 3.75. The van der Waals surface area contributed by atoms with E-state index in [4.69, 9.17) is 4.42 Å². The van der Waals surface area contributed by atoms with Crippen LogP contribution in [0.3, 0.4) is 0 Å². The third-order valence-corrected chi connectivity index (χ3v) is 5.62. The van der Waals surface area contributed by atoms with Gasteiger partial charge in [0.2, 0.25) is 5.91 Å². The van der Waals surface area contributed by atoms with Gasteiger partial charge in [-0.3, -0.25) is 14.0 Å². The molecular formula is C19H24N6O2S. The first-order valence-corrected chi connectivity index (χ1v) is 9.77. The number of nitrogens with zero attached hydrogens (tertiary/aromatic N) is 5. The van der Waals surface area contributed by atoms with Crippen LogP contribution in [0.25, 0.3) is 11.4 Å². The number of carbonyl (C=O) groups excluding carboxylic acids is 1. The Labute approximate surface area is 168 Å². The molecule has 0 aliphatic rings. The minimum Gasteiger partial charge on any atom is -0.469 e. The van der Waals surface area contributed by atoms with Crippen molar-refractivity contribution in [3.05, 3.63) is 42.1 Å². The number of nitrogens with one attached hydrogen (secondary N) is 1. The number of carbonyl (C=O) groups is 1. The Balaban J connectivity index is 1.81. The van der Waals surface area contributed by atoms with Crippen molar-refractivity contribution in [3.63, 3.8) is 0 Å². The normalized spacial score (nSPS) is 12.2. The smallest absolute Gasteiger partial charge is 0.237 e. The quantitative estimate of drug-likeness (QED) is 0.482. The summed E-state index contributed by atoms with van der Waals surface area (Å²) in [6.07, 6.45) is 3.40. The van der Waals surface area contributed by atoms with Crippen LogP contribution in [-0.4, -0.2) is 35.7 Å². The Kier molecular flexibility index (Phi) is 5.73. The highest BCUT2D eigenvalue weighted by Crippen LogP contribution is 2.30. The molecule has 1 atom stereocenters. The molecule has 0 bridgehead atoms. The Hall–Kier alpha value is -2.81. The molecule has 0 aliphatic carbocycles. The summed E-state index contributed by atoms with van der Waals surface area (Å²) in [5, 5.41) is 16.2. The van der Waals surface area contributed by atoms with Gasteiger partial charge in [-0.25, -0.2) is 0 Å². The summed E-state index contributed by atoms with van der Waals surface area (Å²) in [4.78, 5) is 12.7. The fraction of sp³-hybridized carbons (Fsp3) is 0.368. The van der Waals surface area contributed by atoms with Gasteiger partial charge in [0.25, 0.3) is 0 Å². The molecule has 0 radical (unpaired) electrons. The maximum absolute atomic E-state index is 12.7. The van der Waals surface area contributed by atoms with Crippen molar-refractivity contribution in [3.8, 4) is 11.4 Å². The highest BCUT2D eigenvalue weighted by atomic mass is 32.2. The molecule has 8 nitrogen and oxygen atoms in total. The number of aryl methyl sites for hydroxylation is 3. The molecule has 9 heteroatoms. The van der Waals surface area contributed by atoms with Gasteiger partial charge >= 0.3 is 0 Å². The lowest BCUT2D eigenvalue weighted by molar-refractivity contribution is -0.115. The Bertz CT molecular complexity index is 1020. The Morgan fingerprint density at radius 3 is 2.71 bits per heavy atom. The van der Waals surface area contributed by atoms with Gasteiger partial charge in [-0.15, -0.1) is 16.8 Å². The molecule has 28 heavy (non-hydrogen) atoms. The van der Waals surface area contributed by atoms with E-state index in [9.17, 15) is 4.79 Å². The van der Waals surface area contributed by atoms with Gasteiger partial charge < -0.3 is 9.73 Å². The van der Waals surface area contributed by atoms with E-state index in [-0.39, 0.29) is 11.2 Å². The van der Waals surface area contributed by atoms with Gasteiger partial charge in [-0.05, 0) is 33.8 Å². The van der Waals surface area contributed by atoms with Crippen molar-refractivity contribution < 1.29 is 9.21 Å². The molecule has 0 saturated carbocycles. The molecule has 0 aromatic carbocycles. The van der Waals surface area contributed by atoms with Crippen LogP contribution in [0, 0.1) is 20.8 Å². The van der Waals surface area contributed by atoms with E-state index in [1.165, 1.54) is 11.8 Å². The predicted octanol–water partition coefficient (Wildman–Crippen LogP) is 3.50. The molecular weight excluding hydrogens is 376 g/mol. The maximum Gasteiger partial charge on any atom is 0.237 e. The van der Waals surface area contributed by atoms with E-state index in [1.54, 1.807) is 17.0 Å². The van der Waals surface area contributed by atoms with Crippen LogP contribution in [0.2, 0.25) is 0 Å².